The van der Waals surface area contributed by atoms with Crippen LogP contribution in [0.5, 0.6) is 0 Å². The fourth-order valence-corrected chi connectivity index (χ4v) is 5.80. The first-order chi connectivity index (χ1) is 15.5. The quantitative estimate of drug-likeness (QED) is 0.749. The second kappa shape index (κ2) is 9.24. The third-order valence-electron chi connectivity index (χ3n) is 7.60. The van der Waals surface area contributed by atoms with Crippen LogP contribution < -0.4 is 5.73 Å². The number of carbonyl (C=O) groups excluding carboxylic acids is 1. The van der Waals surface area contributed by atoms with Gasteiger partial charge in [0.2, 0.25) is 5.91 Å². The number of fused-ring (bicyclic) bond motifs is 1. The minimum atomic E-state index is 0.298. The van der Waals surface area contributed by atoms with Gasteiger partial charge in [0.25, 0.3) is 0 Å². The van der Waals surface area contributed by atoms with Crippen LogP contribution in [0.1, 0.15) is 42.4 Å². The van der Waals surface area contributed by atoms with Crippen LogP contribution in [0.2, 0.25) is 0 Å². The van der Waals surface area contributed by atoms with Crippen molar-refractivity contribution in [3.63, 3.8) is 0 Å². The molecule has 0 aromatic heterocycles. The van der Waals surface area contributed by atoms with Crippen molar-refractivity contribution in [1.82, 2.24) is 14.7 Å². The molecule has 2 aromatic carbocycles. The molecule has 0 bridgehead atoms. The Labute approximate surface area is 192 Å². The van der Waals surface area contributed by atoms with Gasteiger partial charge in [-0.25, -0.2) is 0 Å². The third-order valence-corrected chi connectivity index (χ3v) is 7.60. The first kappa shape index (κ1) is 21.5. The molecule has 5 rings (SSSR count). The number of hydrogen-bond acceptors (Lipinski definition) is 4. The van der Waals surface area contributed by atoms with Gasteiger partial charge in [-0.15, -0.1) is 0 Å². The average molecular weight is 433 g/mol. The van der Waals surface area contributed by atoms with E-state index in [1.165, 1.54) is 53.5 Å². The second-order valence-corrected chi connectivity index (χ2v) is 9.93. The lowest BCUT2D eigenvalue weighted by Crippen LogP contribution is -2.53. The van der Waals surface area contributed by atoms with Crippen molar-refractivity contribution in [2.75, 3.05) is 45.0 Å². The van der Waals surface area contributed by atoms with Crippen molar-refractivity contribution >= 4 is 11.6 Å². The number of nitrogens with two attached hydrogens (primary N) is 1. The molecule has 0 spiro atoms. The molecule has 5 heteroatoms. The van der Waals surface area contributed by atoms with E-state index >= 15 is 0 Å². The highest BCUT2D eigenvalue weighted by Crippen LogP contribution is 2.29. The van der Waals surface area contributed by atoms with Crippen LogP contribution >= 0.6 is 0 Å². The third kappa shape index (κ3) is 4.69. The number of aryl methyl sites for hydroxylation is 1. The zero-order valence-electron chi connectivity index (χ0n) is 19.4. The van der Waals surface area contributed by atoms with E-state index in [0.29, 0.717) is 12.5 Å². The van der Waals surface area contributed by atoms with Crippen molar-refractivity contribution in [2.45, 2.75) is 51.6 Å². The number of benzene rings is 2. The van der Waals surface area contributed by atoms with Gasteiger partial charge in [-0.05, 0) is 66.1 Å². The van der Waals surface area contributed by atoms with Crippen LogP contribution in [-0.4, -0.2) is 65.9 Å². The number of nitrogen functional groups attached to an aromatic ring is 1. The SMILES string of the molecule is Cc1cc(N)cc(-c2ccc3c(c2)CCN(CC(=O)N2CCN(C4CCCC4)CC2)C3)c1. The Bertz CT molecular complexity index is 953. The summed E-state index contributed by atoms with van der Waals surface area (Å²) in [5.74, 6) is 0.298. The molecule has 2 fully saturated rings. The molecular formula is C27H36N4O. The topological polar surface area (TPSA) is 52.8 Å². The predicted octanol–water partition coefficient (Wildman–Crippen LogP) is 3.69. The van der Waals surface area contributed by atoms with E-state index < -0.39 is 0 Å². The molecule has 32 heavy (non-hydrogen) atoms. The normalized spacial score (nSPS) is 20.5. The Hall–Kier alpha value is -2.37. The van der Waals surface area contributed by atoms with Crippen LogP contribution in [0.15, 0.2) is 36.4 Å². The van der Waals surface area contributed by atoms with Crippen molar-refractivity contribution in [2.24, 2.45) is 0 Å². The number of piperazine rings is 1. The Kier molecular flexibility index (Phi) is 6.20. The Morgan fingerprint density at radius 2 is 1.72 bits per heavy atom. The highest BCUT2D eigenvalue weighted by molar-refractivity contribution is 5.78. The molecule has 1 saturated carbocycles. The van der Waals surface area contributed by atoms with E-state index in [2.05, 4.69) is 52.0 Å². The van der Waals surface area contributed by atoms with Gasteiger partial charge >= 0.3 is 0 Å². The Morgan fingerprint density at radius 3 is 2.47 bits per heavy atom. The summed E-state index contributed by atoms with van der Waals surface area (Å²) in [7, 11) is 0. The van der Waals surface area contributed by atoms with Gasteiger partial charge in [-0.2, -0.15) is 0 Å². The molecule has 0 radical (unpaired) electrons. The van der Waals surface area contributed by atoms with Crippen LogP contribution in [0.4, 0.5) is 5.69 Å². The first-order valence-corrected chi connectivity index (χ1v) is 12.3. The van der Waals surface area contributed by atoms with Gasteiger partial charge in [-0.1, -0.05) is 37.1 Å². The van der Waals surface area contributed by atoms with Crippen LogP contribution in [-0.2, 0) is 17.8 Å². The van der Waals surface area contributed by atoms with Crippen molar-refractivity contribution in [1.29, 1.82) is 0 Å². The molecule has 2 heterocycles. The summed E-state index contributed by atoms with van der Waals surface area (Å²) < 4.78 is 0. The lowest BCUT2D eigenvalue weighted by Gasteiger charge is -2.39. The summed E-state index contributed by atoms with van der Waals surface area (Å²) in [5.41, 5.74) is 13.2. The number of carbonyl (C=O) groups is 1. The summed E-state index contributed by atoms with van der Waals surface area (Å²) >= 11 is 0. The van der Waals surface area contributed by atoms with Crippen LogP contribution in [0.25, 0.3) is 11.1 Å². The van der Waals surface area contributed by atoms with Crippen LogP contribution in [0.3, 0.4) is 0 Å². The maximum absolute atomic E-state index is 13.0. The number of nitrogens with zero attached hydrogens (tertiary/aromatic N) is 3. The number of anilines is 1. The van der Waals surface area contributed by atoms with Crippen molar-refractivity contribution in [3.05, 3.63) is 53.1 Å². The van der Waals surface area contributed by atoms with Gasteiger partial charge in [-0.3, -0.25) is 14.6 Å². The molecule has 1 amide bonds. The smallest absolute Gasteiger partial charge is 0.236 e. The molecule has 0 atom stereocenters. The van der Waals surface area contributed by atoms with E-state index in [1.807, 2.05) is 6.07 Å². The molecule has 2 N–H and O–H groups in total. The van der Waals surface area contributed by atoms with Crippen molar-refractivity contribution < 1.29 is 4.79 Å². The highest BCUT2D eigenvalue weighted by Gasteiger charge is 2.29. The Balaban J connectivity index is 1.17. The Morgan fingerprint density at radius 1 is 0.938 bits per heavy atom. The van der Waals surface area contributed by atoms with Gasteiger partial charge in [0.05, 0.1) is 6.54 Å². The minimum absolute atomic E-state index is 0.298. The standard InChI is InChI=1S/C27H36N4O/c1-20-14-24(17-25(28)15-20)21-6-7-23-18-29(9-8-22(23)16-21)19-27(32)31-12-10-30(11-13-31)26-4-2-3-5-26/h6-7,14-17,26H,2-5,8-13,18-19,28H2,1H3. The molecule has 2 aromatic rings. The highest BCUT2D eigenvalue weighted by atomic mass is 16.2. The van der Waals surface area contributed by atoms with Gasteiger partial charge in [0.1, 0.15) is 0 Å². The second-order valence-electron chi connectivity index (χ2n) is 9.93. The summed E-state index contributed by atoms with van der Waals surface area (Å²) in [4.78, 5) is 20.0. The maximum atomic E-state index is 13.0. The molecule has 3 aliphatic rings. The van der Waals surface area contributed by atoms with Gasteiger partial charge in [0.15, 0.2) is 0 Å². The molecule has 2 aliphatic heterocycles. The van der Waals surface area contributed by atoms with Gasteiger partial charge in [0, 0.05) is 51.0 Å². The molecule has 1 aliphatic carbocycles. The monoisotopic (exact) mass is 432 g/mol. The summed E-state index contributed by atoms with van der Waals surface area (Å²) in [6.07, 6.45) is 6.44. The van der Waals surface area contributed by atoms with Gasteiger partial charge < -0.3 is 10.6 Å². The minimum Gasteiger partial charge on any atom is -0.399 e. The molecule has 1 saturated heterocycles. The van der Waals surface area contributed by atoms with E-state index in [0.717, 1.165) is 57.4 Å². The van der Waals surface area contributed by atoms with Crippen LogP contribution in [0, 0.1) is 6.92 Å². The van der Waals surface area contributed by atoms with E-state index in [1.54, 1.807) is 0 Å². The lowest BCUT2D eigenvalue weighted by molar-refractivity contribution is -0.134. The zero-order chi connectivity index (χ0) is 22.1. The number of rotatable bonds is 4. The molecule has 0 unspecified atom stereocenters. The summed E-state index contributed by atoms with van der Waals surface area (Å²) in [6, 6.07) is 13.8. The largest absolute Gasteiger partial charge is 0.399 e. The fourth-order valence-electron chi connectivity index (χ4n) is 5.80. The summed E-state index contributed by atoms with van der Waals surface area (Å²) in [6.45, 7) is 8.31. The maximum Gasteiger partial charge on any atom is 0.236 e. The van der Waals surface area contributed by atoms with E-state index in [9.17, 15) is 4.79 Å². The van der Waals surface area contributed by atoms with Crippen molar-refractivity contribution in [3.8, 4) is 11.1 Å². The summed E-state index contributed by atoms with van der Waals surface area (Å²) in [5, 5.41) is 0. The van der Waals surface area contributed by atoms with E-state index in [-0.39, 0.29) is 0 Å². The molecular weight excluding hydrogens is 396 g/mol. The zero-order valence-corrected chi connectivity index (χ0v) is 19.4. The first-order valence-electron chi connectivity index (χ1n) is 12.3. The predicted molar refractivity (Wildman–Crippen MR) is 130 cm³/mol. The fraction of sp³-hybridized carbons (Fsp3) is 0.519. The average Bonchev–Trinajstić information content (AvgIpc) is 3.33. The number of hydrogen-bond donors (Lipinski definition) is 1. The number of amides is 1. The van der Waals surface area contributed by atoms with E-state index in [4.69, 9.17) is 5.73 Å². The molecule has 170 valence electrons. The lowest BCUT2D eigenvalue weighted by atomic mass is 9.94. The molecule has 5 nitrogen and oxygen atoms in total.